The minimum Gasteiger partial charge on any atom is -0.390 e. The molecule has 1 saturated heterocycles. The highest BCUT2D eigenvalue weighted by Gasteiger charge is 2.23. The molecule has 0 spiro atoms. The number of hydrogen-bond acceptors (Lipinski definition) is 4. The van der Waals surface area contributed by atoms with Crippen LogP contribution in [0.2, 0.25) is 12.6 Å². The molecule has 0 atom stereocenters. The van der Waals surface area contributed by atoms with Gasteiger partial charge in [-0.25, -0.2) is 10.2 Å². The molecule has 2 rings (SSSR count). The fraction of sp³-hybridized carbons (Fsp3) is 0.455. The van der Waals surface area contributed by atoms with Gasteiger partial charge in [0.15, 0.2) is 0 Å². The smallest absolute Gasteiger partial charge is 0.271 e. The number of aromatic nitrogens is 1. The molecule has 1 aromatic heterocycles. The third kappa shape index (κ3) is 2.34. The number of anilines is 1. The maximum absolute atomic E-state index is 9.02. The van der Waals surface area contributed by atoms with Crippen LogP contribution in [-0.2, 0) is 6.61 Å². The minimum absolute atomic E-state index is 0.0253. The van der Waals surface area contributed by atoms with Gasteiger partial charge in [0.2, 0.25) is 0 Å². The molecule has 0 aromatic carbocycles. The van der Waals surface area contributed by atoms with Crippen LogP contribution in [0.4, 0.5) is 5.82 Å². The molecule has 4 nitrogen and oxygen atoms in total. The maximum atomic E-state index is 9.02. The summed E-state index contributed by atoms with van der Waals surface area (Å²) < 4.78 is 0. The van der Waals surface area contributed by atoms with Gasteiger partial charge in [0, 0.05) is 19.1 Å². The Morgan fingerprint density at radius 2 is 2.19 bits per heavy atom. The molecular formula is C11H14BN3O. The third-order valence-electron chi connectivity index (χ3n) is 2.96. The van der Waals surface area contributed by atoms with E-state index < -0.39 is 0 Å². The summed E-state index contributed by atoms with van der Waals surface area (Å²) in [4.78, 5) is 6.53. The van der Waals surface area contributed by atoms with Gasteiger partial charge in [-0.2, -0.15) is 0 Å². The second-order valence-electron chi connectivity index (χ2n) is 4.04. The van der Waals surface area contributed by atoms with E-state index in [9.17, 15) is 0 Å². The van der Waals surface area contributed by atoms with E-state index in [1.165, 1.54) is 0 Å². The lowest BCUT2D eigenvalue weighted by atomic mass is 9.45. The van der Waals surface area contributed by atoms with E-state index in [-0.39, 0.29) is 13.3 Å². The molecule has 0 radical (unpaired) electrons. The van der Waals surface area contributed by atoms with Crippen molar-refractivity contribution in [2.24, 2.45) is 0 Å². The molecule has 82 valence electrons. The van der Waals surface area contributed by atoms with E-state index in [0.717, 1.165) is 31.5 Å². The molecule has 1 aliphatic heterocycles. The SMILES string of the molecule is N#CB1CCN(c2cccc(CO)n2)CC1. The Kier molecular flexibility index (Phi) is 3.42. The number of nitrogens with zero attached hydrogens (tertiary/aromatic N) is 3. The average molecular weight is 215 g/mol. The van der Waals surface area contributed by atoms with Crippen LogP contribution in [0.25, 0.3) is 0 Å². The number of aliphatic hydroxyl groups is 1. The maximum Gasteiger partial charge on any atom is 0.271 e. The van der Waals surface area contributed by atoms with Crippen LogP contribution in [0.1, 0.15) is 5.69 Å². The molecule has 16 heavy (non-hydrogen) atoms. The highest BCUT2D eigenvalue weighted by atomic mass is 16.3. The molecule has 0 saturated carbocycles. The molecule has 1 N–H and O–H groups in total. The zero-order valence-corrected chi connectivity index (χ0v) is 9.13. The number of aliphatic hydroxyl groups excluding tert-OH is 1. The quantitative estimate of drug-likeness (QED) is 0.746. The van der Waals surface area contributed by atoms with Gasteiger partial charge < -0.3 is 10.0 Å². The summed E-state index contributed by atoms with van der Waals surface area (Å²) in [6.07, 6.45) is 1.81. The Bertz CT molecular complexity index is 396. The van der Waals surface area contributed by atoms with Crippen molar-refractivity contribution in [3.8, 4) is 5.97 Å². The second-order valence-corrected chi connectivity index (χ2v) is 4.04. The van der Waals surface area contributed by atoms with Gasteiger partial charge in [-0.15, -0.1) is 0 Å². The molecule has 5 heteroatoms. The summed E-state index contributed by atoms with van der Waals surface area (Å²) in [6.45, 7) is 1.92. The highest BCUT2D eigenvalue weighted by Crippen LogP contribution is 2.18. The summed E-state index contributed by atoms with van der Waals surface area (Å²) >= 11 is 0. The van der Waals surface area contributed by atoms with Crippen molar-refractivity contribution in [2.75, 3.05) is 18.0 Å². The van der Waals surface area contributed by atoms with E-state index >= 15 is 0 Å². The predicted molar refractivity (Wildman–Crippen MR) is 63.4 cm³/mol. The van der Waals surface area contributed by atoms with Gasteiger partial charge in [0.1, 0.15) is 5.82 Å². The van der Waals surface area contributed by atoms with Gasteiger partial charge in [-0.1, -0.05) is 6.07 Å². The van der Waals surface area contributed by atoms with Crippen LogP contribution in [0.5, 0.6) is 0 Å². The summed E-state index contributed by atoms with van der Waals surface area (Å²) in [6, 6.07) is 5.67. The molecule has 0 aliphatic carbocycles. The molecule has 0 unspecified atom stereocenters. The second kappa shape index (κ2) is 5.00. The minimum atomic E-state index is -0.0253. The normalized spacial score (nSPS) is 16.0. The van der Waals surface area contributed by atoms with Crippen molar-refractivity contribution in [2.45, 2.75) is 19.2 Å². The van der Waals surface area contributed by atoms with Crippen molar-refractivity contribution in [1.82, 2.24) is 4.98 Å². The van der Waals surface area contributed by atoms with Crippen molar-refractivity contribution in [3.05, 3.63) is 23.9 Å². The first-order chi connectivity index (χ1) is 7.83. The van der Waals surface area contributed by atoms with Crippen LogP contribution in [0.3, 0.4) is 0 Å². The monoisotopic (exact) mass is 215 g/mol. The Hall–Kier alpha value is -1.54. The van der Waals surface area contributed by atoms with Crippen molar-refractivity contribution < 1.29 is 5.11 Å². The van der Waals surface area contributed by atoms with Crippen molar-refractivity contribution in [3.63, 3.8) is 0 Å². The van der Waals surface area contributed by atoms with E-state index in [1.807, 2.05) is 18.2 Å². The molecular weight excluding hydrogens is 201 g/mol. The van der Waals surface area contributed by atoms with Crippen molar-refractivity contribution >= 4 is 12.5 Å². The molecule has 2 heterocycles. The predicted octanol–water partition coefficient (Wildman–Crippen LogP) is 0.951. The first-order valence-corrected chi connectivity index (χ1v) is 5.55. The summed E-state index contributed by atoms with van der Waals surface area (Å²) in [5, 5.41) is 17.8. The largest absolute Gasteiger partial charge is 0.390 e. The summed E-state index contributed by atoms with van der Waals surface area (Å²) in [7, 11) is 0. The van der Waals surface area contributed by atoms with Crippen LogP contribution < -0.4 is 4.90 Å². The van der Waals surface area contributed by atoms with Gasteiger partial charge in [-0.05, 0) is 24.8 Å². The van der Waals surface area contributed by atoms with Crippen LogP contribution in [-0.4, -0.2) is 29.9 Å². The zero-order valence-electron chi connectivity index (χ0n) is 9.13. The first-order valence-electron chi connectivity index (χ1n) is 5.55. The Balaban J connectivity index is 2.05. The molecule has 1 fully saturated rings. The van der Waals surface area contributed by atoms with Gasteiger partial charge in [0.25, 0.3) is 6.71 Å². The van der Waals surface area contributed by atoms with Crippen molar-refractivity contribution in [1.29, 1.82) is 5.26 Å². The third-order valence-corrected chi connectivity index (χ3v) is 2.96. The van der Waals surface area contributed by atoms with E-state index in [1.54, 1.807) is 0 Å². The van der Waals surface area contributed by atoms with Crippen LogP contribution in [0.15, 0.2) is 18.2 Å². The average Bonchev–Trinajstić information content (AvgIpc) is 2.39. The molecule has 0 amide bonds. The lowest BCUT2D eigenvalue weighted by Gasteiger charge is -2.29. The fourth-order valence-corrected chi connectivity index (χ4v) is 1.97. The lowest BCUT2D eigenvalue weighted by Crippen LogP contribution is -2.37. The van der Waals surface area contributed by atoms with Crippen LogP contribution in [0, 0.1) is 11.2 Å². The Labute approximate surface area is 95.6 Å². The van der Waals surface area contributed by atoms with Gasteiger partial charge >= 0.3 is 0 Å². The van der Waals surface area contributed by atoms with Gasteiger partial charge in [-0.3, -0.25) is 0 Å². The highest BCUT2D eigenvalue weighted by molar-refractivity contribution is 6.67. The molecule has 1 aromatic rings. The summed E-state index contributed by atoms with van der Waals surface area (Å²) in [5.74, 6) is 3.22. The van der Waals surface area contributed by atoms with Crippen LogP contribution >= 0.6 is 0 Å². The number of hydrogen-bond donors (Lipinski definition) is 1. The van der Waals surface area contributed by atoms with E-state index in [2.05, 4.69) is 15.9 Å². The molecule has 0 bridgehead atoms. The van der Waals surface area contributed by atoms with Gasteiger partial charge in [0.05, 0.1) is 12.3 Å². The Morgan fingerprint density at radius 1 is 1.44 bits per heavy atom. The Morgan fingerprint density at radius 3 is 2.81 bits per heavy atom. The van der Waals surface area contributed by atoms with E-state index in [4.69, 9.17) is 10.4 Å². The first kappa shape index (κ1) is 11.0. The topological polar surface area (TPSA) is 60.2 Å². The standard InChI is InChI=1S/C11H14BN3O/c13-9-12-4-6-15(7-5-12)11-3-1-2-10(8-16)14-11/h1-3,16H,4-8H2. The summed E-state index contributed by atoms with van der Waals surface area (Å²) in [5.41, 5.74) is 0.694. The zero-order chi connectivity index (χ0) is 11.4. The number of nitriles is 1. The lowest BCUT2D eigenvalue weighted by molar-refractivity contribution is 0.277. The number of rotatable bonds is 2. The fourth-order valence-electron chi connectivity index (χ4n) is 1.97. The molecule has 1 aliphatic rings. The van der Waals surface area contributed by atoms with E-state index in [0.29, 0.717) is 5.69 Å². The number of pyridine rings is 1.